The molecule has 6 nitrogen and oxygen atoms in total. The molecule has 19 heavy (non-hydrogen) atoms. The molecule has 0 saturated carbocycles. The monoisotopic (exact) mass is 263 g/mol. The third-order valence-electron chi connectivity index (χ3n) is 3.09. The van der Waals surface area contributed by atoms with E-state index in [9.17, 15) is 19.5 Å². The number of carbonyl (C=O) groups is 3. The second-order valence-electron chi connectivity index (χ2n) is 4.36. The lowest BCUT2D eigenvalue weighted by molar-refractivity contribution is -0.150. The van der Waals surface area contributed by atoms with Crippen LogP contribution in [0.25, 0.3) is 0 Å². The van der Waals surface area contributed by atoms with Gasteiger partial charge in [-0.1, -0.05) is 30.3 Å². The van der Waals surface area contributed by atoms with E-state index in [4.69, 9.17) is 5.11 Å². The molecular weight excluding hydrogens is 250 g/mol. The van der Waals surface area contributed by atoms with Crippen LogP contribution in [-0.4, -0.2) is 45.5 Å². The Kier molecular flexibility index (Phi) is 3.62. The van der Waals surface area contributed by atoms with Crippen LogP contribution in [0.3, 0.4) is 0 Å². The molecule has 0 aromatic heterocycles. The van der Waals surface area contributed by atoms with E-state index in [0.29, 0.717) is 5.56 Å². The van der Waals surface area contributed by atoms with Crippen molar-refractivity contribution < 1.29 is 24.6 Å². The molecule has 0 spiro atoms. The van der Waals surface area contributed by atoms with Gasteiger partial charge < -0.3 is 10.2 Å². The summed E-state index contributed by atoms with van der Waals surface area (Å²) in [7, 11) is 0. The fourth-order valence-corrected chi connectivity index (χ4v) is 2.07. The number of carboxylic acids is 1. The average molecular weight is 263 g/mol. The summed E-state index contributed by atoms with van der Waals surface area (Å²) in [4.78, 5) is 35.2. The van der Waals surface area contributed by atoms with Crippen LogP contribution in [0.15, 0.2) is 30.3 Å². The Morgan fingerprint density at radius 2 is 1.95 bits per heavy atom. The van der Waals surface area contributed by atoms with Gasteiger partial charge in [0.1, 0.15) is 0 Å². The maximum Gasteiger partial charge on any atom is 0.334 e. The molecule has 1 fully saturated rings. The maximum atomic E-state index is 12.1. The van der Waals surface area contributed by atoms with Crippen molar-refractivity contribution in [2.24, 2.45) is 0 Å². The molecule has 0 radical (unpaired) electrons. The van der Waals surface area contributed by atoms with E-state index in [2.05, 4.69) is 0 Å². The van der Waals surface area contributed by atoms with Gasteiger partial charge >= 0.3 is 5.97 Å². The van der Waals surface area contributed by atoms with E-state index in [-0.39, 0.29) is 6.42 Å². The molecular formula is C13H13NO5. The number of amides is 2. The molecule has 2 unspecified atom stereocenters. The zero-order valence-corrected chi connectivity index (χ0v) is 10.0. The van der Waals surface area contributed by atoms with Crippen molar-refractivity contribution >= 4 is 17.8 Å². The van der Waals surface area contributed by atoms with E-state index in [1.165, 1.54) is 0 Å². The van der Waals surface area contributed by atoms with Gasteiger partial charge in [0.05, 0.1) is 12.5 Å². The summed E-state index contributed by atoms with van der Waals surface area (Å²) in [6.07, 6.45) is -1.74. The second kappa shape index (κ2) is 5.19. The van der Waals surface area contributed by atoms with Crippen molar-refractivity contribution in [2.75, 3.05) is 6.54 Å². The molecule has 1 saturated heterocycles. The lowest BCUT2D eigenvalue weighted by atomic mass is 9.98. The SMILES string of the molecule is O=C(O)C(O)CN1C(=O)CC(c2ccccc2)C1=O. The molecule has 1 heterocycles. The first-order valence-corrected chi connectivity index (χ1v) is 5.80. The molecule has 6 heteroatoms. The molecule has 1 aliphatic heterocycles. The van der Waals surface area contributed by atoms with E-state index < -0.39 is 36.4 Å². The van der Waals surface area contributed by atoms with E-state index in [0.717, 1.165) is 4.90 Å². The fraction of sp³-hybridized carbons (Fsp3) is 0.308. The molecule has 1 aromatic rings. The highest BCUT2D eigenvalue weighted by Crippen LogP contribution is 2.29. The fourth-order valence-electron chi connectivity index (χ4n) is 2.07. The molecule has 2 rings (SSSR count). The predicted molar refractivity (Wildman–Crippen MR) is 64.2 cm³/mol. The standard InChI is InChI=1S/C13H13NO5/c15-10(13(18)19)7-14-11(16)6-9(12(14)17)8-4-2-1-3-5-8/h1-5,9-10,15H,6-7H2,(H,18,19). The zero-order valence-electron chi connectivity index (χ0n) is 10.0. The van der Waals surface area contributed by atoms with Crippen LogP contribution >= 0.6 is 0 Å². The topological polar surface area (TPSA) is 94.9 Å². The summed E-state index contributed by atoms with van der Waals surface area (Å²) in [6, 6.07) is 8.82. The number of hydrogen-bond donors (Lipinski definition) is 2. The quantitative estimate of drug-likeness (QED) is 0.744. The third kappa shape index (κ3) is 2.63. The molecule has 2 atom stereocenters. The number of carboxylic acid groups (broad SMARTS) is 1. The number of hydrogen-bond acceptors (Lipinski definition) is 4. The first-order chi connectivity index (χ1) is 9.00. The first-order valence-electron chi connectivity index (χ1n) is 5.80. The van der Waals surface area contributed by atoms with Gasteiger partial charge in [0.25, 0.3) is 0 Å². The molecule has 1 aliphatic rings. The van der Waals surface area contributed by atoms with Gasteiger partial charge in [0.15, 0.2) is 6.10 Å². The van der Waals surface area contributed by atoms with E-state index in [1.807, 2.05) is 0 Å². The van der Waals surface area contributed by atoms with Crippen molar-refractivity contribution in [3.05, 3.63) is 35.9 Å². The van der Waals surface area contributed by atoms with Gasteiger partial charge in [-0.25, -0.2) is 4.79 Å². The van der Waals surface area contributed by atoms with Gasteiger partial charge in [-0.05, 0) is 5.56 Å². The summed E-state index contributed by atoms with van der Waals surface area (Å²) >= 11 is 0. The highest BCUT2D eigenvalue weighted by molar-refractivity contribution is 6.06. The van der Waals surface area contributed by atoms with Gasteiger partial charge in [0.2, 0.25) is 11.8 Å². The molecule has 0 bridgehead atoms. The Morgan fingerprint density at radius 3 is 2.53 bits per heavy atom. The van der Waals surface area contributed by atoms with Crippen LogP contribution < -0.4 is 0 Å². The van der Waals surface area contributed by atoms with Crippen molar-refractivity contribution in [3.63, 3.8) is 0 Å². The third-order valence-corrected chi connectivity index (χ3v) is 3.09. The average Bonchev–Trinajstić information content (AvgIpc) is 2.67. The molecule has 1 aromatic carbocycles. The van der Waals surface area contributed by atoms with Crippen molar-refractivity contribution in [3.8, 4) is 0 Å². The van der Waals surface area contributed by atoms with Crippen molar-refractivity contribution in [1.82, 2.24) is 4.90 Å². The Labute approximate surface area is 109 Å². The Bertz CT molecular complexity index is 513. The number of carbonyl (C=O) groups excluding carboxylic acids is 2. The summed E-state index contributed by atoms with van der Waals surface area (Å²) in [5.41, 5.74) is 0.716. The number of nitrogens with zero attached hydrogens (tertiary/aromatic N) is 1. The summed E-state index contributed by atoms with van der Waals surface area (Å²) in [5.74, 6) is -2.96. The lowest BCUT2D eigenvalue weighted by Gasteiger charge is -2.16. The smallest absolute Gasteiger partial charge is 0.334 e. The molecule has 2 amide bonds. The van der Waals surface area contributed by atoms with E-state index >= 15 is 0 Å². The number of aliphatic hydroxyl groups is 1. The van der Waals surface area contributed by atoms with Crippen molar-refractivity contribution in [2.45, 2.75) is 18.4 Å². The predicted octanol–water partition coefficient (Wildman–Crippen LogP) is -0.0254. The van der Waals surface area contributed by atoms with Crippen LogP contribution in [0.1, 0.15) is 17.9 Å². The van der Waals surface area contributed by atoms with Crippen LogP contribution in [-0.2, 0) is 14.4 Å². The Hall–Kier alpha value is -2.21. The molecule has 0 aliphatic carbocycles. The Balaban J connectivity index is 2.15. The number of aliphatic carboxylic acids is 1. The summed E-state index contributed by atoms with van der Waals surface area (Å²) in [5, 5.41) is 17.8. The number of β-amino-alcohol motifs (C(OH)–C–C–N with tert-alkyl or cyclic N) is 1. The van der Waals surface area contributed by atoms with Gasteiger partial charge in [-0.3, -0.25) is 14.5 Å². The second-order valence-corrected chi connectivity index (χ2v) is 4.36. The largest absolute Gasteiger partial charge is 0.479 e. The minimum absolute atomic E-state index is 0.00911. The number of benzene rings is 1. The minimum atomic E-state index is -1.75. The molecule has 100 valence electrons. The lowest BCUT2D eigenvalue weighted by Crippen LogP contribution is -2.40. The maximum absolute atomic E-state index is 12.1. The van der Waals surface area contributed by atoms with Crippen LogP contribution in [0.5, 0.6) is 0 Å². The van der Waals surface area contributed by atoms with Gasteiger partial charge in [-0.2, -0.15) is 0 Å². The van der Waals surface area contributed by atoms with Gasteiger partial charge in [0, 0.05) is 6.42 Å². The highest BCUT2D eigenvalue weighted by atomic mass is 16.4. The van der Waals surface area contributed by atoms with Crippen LogP contribution in [0, 0.1) is 0 Å². The zero-order chi connectivity index (χ0) is 14.0. The highest BCUT2D eigenvalue weighted by Gasteiger charge is 2.40. The normalized spacial score (nSPS) is 20.7. The Morgan fingerprint density at radius 1 is 1.32 bits per heavy atom. The molecule has 2 N–H and O–H groups in total. The number of aliphatic hydroxyl groups excluding tert-OH is 1. The van der Waals surface area contributed by atoms with Crippen molar-refractivity contribution in [1.29, 1.82) is 0 Å². The number of imide groups is 1. The number of likely N-dealkylation sites (tertiary alicyclic amines) is 1. The van der Waals surface area contributed by atoms with Crippen LogP contribution in [0.2, 0.25) is 0 Å². The summed E-state index contributed by atoms with van der Waals surface area (Å²) < 4.78 is 0. The van der Waals surface area contributed by atoms with Crippen LogP contribution in [0.4, 0.5) is 0 Å². The minimum Gasteiger partial charge on any atom is -0.479 e. The van der Waals surface area contributed by atoms with E-state index in [1.54, 1.807) is 30.3 Å². The summed E-state index contributed by atoms with van der Waals surface area (Å²) in [6.45, 7) is -0.504. The first kappa shape index (κ1) is 13.2. The number of rotatable bonds is 4. The van der Waals surface area contributed by atoms with Gasteiger partial charge in [-0.15, -0.1) is 0 Å².